The summed E-state index contributed by atoms with van der Waals surface area (Å²) in [5.74, 6) is 0. The van der Waals surface area contributed by atoms with Crippen molar-refractivity contribution < 1.29 is 0 Å². The first kappa shape index (κ1) is 8.51. The minimum atomic E-state index is 0.0579. The summed E-state index contributed by atoms with van der Waals surface area (Å²) in [5.41, 5.74) is 1.16. The van der Waals surface area contributed by atoms with Crippen LogP contribution in [0.1, 0.15) is 11.7 Å². The highest BCUT2D eigenvalue weighted by molar-refractivity contribution is 9.10. The molecule has 1 atom stereocenters. The van der Waals surface area contributed by atoms with Gasteiger partial charge in [0.2, 0.25) is 0 Å². The van der Waals surface area contributed by atoms with Gasteiger partial charge in [-0.2, -0.15) is 0 Å². The molecule has 1 aromatic carbocycles. The minimum absolute atomic E-state index is 0.0579. The number of nitrogens with zero attached hydrogens (tertiary/aromatic N) is 1. The Labute approximate surface area is 85.5 Å². The normalized spacial score (nSPS) is 19.9. The Morgan fingerprint density at radius 1 is 1.38 bits per heavy atom. The van der Waals surface area contributed by atoms with E-state index in [-0.39, 0.29) is 6.17 Å². The number of allylic oxidation sites excluding steroid dienone is 1. The van der Waals surface area contributed by atoms with E-state index in [4.69, 9.17) is 0 Å². The lowest BCUT2D eigenvalue weighted by Crippen LogP contribution is -2.15. The van der Waals surface area contributed by atoms with Crippen molar-refractivity contribution in [2.75, 3.05) is 0 Å². The number of rotatable bonds is 1. The van der Waals surface area contributed by atoms with E-state index in [1.165, 1.54) is 0 Å². The molecule has 2 rings (SSSR count). The van der Waals surface area contributed by atoms with Gasteiger partial charge in [0, 0.05) is 10.7 Å². The van der Waals surface area contributed by atoms with Gasteiger partial charge in [-0.25, -0.2) is 0 Å². The smallest absolute Gasteiger partial charge is 0.144 e. The van der Waals surface area contributed by atoms with Crippen LogP contribution in [0.15, 0.2) is 46.0 Å². The third kappa shape index (κ3) is 1.98. The predicted molar refractivity (Wildman–Crippen MR) is 57.7 cm³/mol. The Bertz CT molecular complexity index is 358. The van der Waals surface area contributed by atoms with Crippen molar-refractivity contribution in [2.45, 2.75) is 6.17 Å². The van der Waals surface area contributed by atoms with E-state index < -0.39 is 0 Å². The molecule has 2 nitrogen and oxygen atoms in total. The van der Waals surface area contributed by atoms with Gasteiger partial charge >= 0.3 is 0 Å². The molecule has 1 aliphatic rings. The second-order valence-corrected chi connectivity index (χ2v) is 3.70. The average Bonchev–Trinajstić information content (AvgIpc) is 2.19. The molecule has 0 aromatic heterocycles. The van der Waals surface area contributed by atoms with Gasteiger partial charge in [0.1, 0.15) is 6.17 Å². The van der Waals surface area contributed by atoms with Crippen molar-refractivity contribution in [1.29, 1.82) is 0 Å². The number of hydrogen-bond acceptors (Lipinski definition) is 2. The maximum absolute atomic E-state index is 4.30. The maximum atomic E-state index is 4.30. The van der Waals surface area contributed by atoms with E-state index in [9.17, 15) is 0 Å². The molecule has 13 heavy (non-hydrogen) atoms. The number of aliphatic imine (C=N–C) groups is 1. The van der Waals surface area contributed by atoms with E-state index in [1.54, 1.807) is 0 Å². The molecular weight excluding hydrogens is 228 g/mol. The Balaban J connectivity index is 2.25. The van der Waals surface area contributed by atoms with E-state index in [2.05, 4.69) is 38.4 Å². The molecule has 1 N–H and O–H groups in total. The fourth-order valence-electron chi connectivity index (χ4n) is 1.23. The summed E-state index contributed by atoms with van der Waals surface area (Å²) >= 11 is 3.43. The van der Waals surface area contributed by atoms with Crippen molar-refractivity contribution in [3.8, 4) is 0 Å². The summed E-state index contributed by atoms with van der Waals surface area (Å²) in [5, 5.41) is 3.16. The molecule has 0 saturated carbocycles. The second-order valence-electron chi connectivity index (χ2n) is 2.78. The largest absolute Gasteiger partial charge is 0.366 e. The lowest BCUT2D eigenvalue weighted by atomic mass is 10.2. The molecule has 1 heterocycles. The standard InChI is InChI=1S/C10H9BrN2/c11-9-4-1-3-8(7-9)10-12-5-2-6-13-10/h1-7,10,12H. The monoisotopic (exact) mass is 236 g/mol. The number of halogens is 1. The summed E-state index contributed by atoms with van der Waals surface area (Å²) in [7, 11) is 0. The van der Waals surface area contributed by atoms with Crippen LogP contribution in [-0.4, -0.2) is 6.21 Å². The molecule has 1 aromatic rings. The van der Waals surface area contributed by atoms with Gasteiger partial charge in [-0.05, 0) is 30.0 Å². The molecule has 0 radical (unpaired) electrons. The molecule has 0 bridgehead atoms. The van der Waals surface area contributed by atoms with Crippen molar-refractivity contribution in [3.63, 3.8) is 0 Å². The molecule has 0 fully saturated rings. The van der Waals surface area contributed by atoms with Gasteiger partial charge in [-0.3, -0.25) is 4.99 Å². The molecule has 0 spiro atoms. The number of hydrogen-bond donors (Lipinski definition) is 1. The Morgan fingerprint density at radius 3 is 3.00 bits per heavy atom. The topological polar surface area (TPSA) is 24.4 Å². The van der Waals surface area contributed by atoms with E-state index >= 15 is 0 Å². The fraction of sp³-hybridized carbons (Fsp3) is 0.100. The number of benzene rings is 1. The third-order valence-electron chi connectivity index (χ3n) is 1.84. The highest BCUT2D eigenvalue weighted by atomic mass is 79.9. The first-order valence-corrected chi connectivity index (χ1v) is 4.85. The molecule has 3 heteroatoms. The van der Waals surface area contributed by atoms with Gasteiger partial charge < -0.3 is 5.32 Å². The van der Waals surface area contributed by atoms with Crippen LogP contribution in [0.2, 0.25) is 0 Å². The molecule has 1 unspecified atom stereocenters. The van der Waals surface area contributed by atoms with E-state index in [0.717, 1.165) is 10.0 Å². The summed E-state index contributed by atoms with van der Waals surface area (Å²) in [6.45, 7) is 0. The van der Waals surface area contributed by atoms with Crippen molar-refractivity contribution in [2.24, 2.45) is 4.99 Å². The Hall–Kier alpha value is -1.09. The van der Waals surface area contributed by atoms with E-state index in [1.807, 2.05) is 30.6 Å². The number of nitrogens with one attached hydrogen (secondary N) is 1. The predicted octanol–water partition coefficient (Wildman–Crippen LogP) is 2.64. The van der Waals surface area contributed by atoms with Crippen molar-refractivity contribution in [3.05, 3.63) is 46.6 Å². The second kappa shape index (κ2) is 3.75. The van der Waals surface area contributed by atoms with Crippen LogP contribution in [0.25, 0.3) is 0 Å². The summed E-state index contributed by atoms with van der Waals surface area (Å²) < 4.78 is 1.08. The van der Waals surface area contributed by atoms with Gasteiger partial charge in [0.15, 0.2) is 0 Å². The van der Waals surface area contributed by atoms with Gasteiger partial charge in [0.25, 0.3) is 0 Å². The summed E-state index contributed by atoms with van der Waals surface area (Å²) in [4.78, 5) is 4.30. The molecule has 0 amide bonds. The van der Waals surface area contributed by atoms with Crippen LogP contribution in [0.5, 0.6) is 0 Å². The fourth-order valence-corrected chi connectivity index (χ4v) is 1.64. The van der Waals surface area contributed by atoms with Crippen LogP contribution in [0.4, 0.5) is 0 Å². The van der Waals surface area contributed by atoms with Crippen molar-refractivity contribution >= 4 is 22.1 Å². The highest BCUT2D eigenvalue weighted by Gasteiger charge is 2.07. The van der Waals surface area contributed by atoms with Crippen LogP contribution in [0, 0.1) is 0 Å². The Kier molecular flexibility index (Phi) is 2.45. The zero-order valence-electron chi connectivity index (χ0n) is 6.94. The highest BCUT2D eigenvalue weighted by Crippen LogP contribution is 2.19. The van der Waals surface area contributed by atoms with Crippen LogP contribution >= 0.6 is 15.9 Å². The minimum Gasteiger partial charge on any atom is -0.366 e. The first-order chi connectivity index (χ1) is 6.36. The zero-order valence-corrected chi connectivity index (χ0v) is 8.53. The molecule has 66 valence electrons. The molecule has 0 aliphatic carbocycles. The van der Waals surface area contributed by atoms with Gasteiger partial charge in [-0.15, -0.1) is 0 Å². The van der Waals surface area contributed by atoms with Crippen molar-refractivity contribution in [1.82, 2.24) is 5.32 Å². The summed E-state index contributed by atoms with van der Waals surface area (Å²) in [6.07, 6.45) is 5.65. The average molecular weight is 237 g/mol. The quantitative estimate of drug-likeness (QED) is 0.797. The lowest BCUT2D eigenvalue weighted by molar-refractivity contribution is 0.653. The zero-order chi connectivity index (χ0) is 9.10. The van der Waals surface area contributed by atoms with E-state index in [0.29, 0.717) is 0 Å². The molecule has 0 saturated heterocycles. The lowest BCUT2D eigenvalue weighted by Gasteiger charge is -2.15. The van der Waals surface area contributed by atoms with Crippen LogP contribution < -0.4 is 5.32 Å². The maximum Gasteiger partial charge on any atom is 0.144 e. The Morgan fingerprint density at radius 2 is 2.31 bits per heavy atom. The van der Waals surface area contributed by atoms with Crippen LogP contribution in [-0.2, 0) is 0 Å². The van der Waals surface area contributed by atoms with Crippen LogP contribution in [0.3, 0.4) is 0 Å². The SMILES string of the molecule is Brc1cccc(C2N=CC=CN2)c1. The molecule has 1 aliphatic heterocycles. The van der Waals surface area contributed by atoms with Gasteiger partial charge in [-0.1, -0.05) is 28.1 Å². The summed E-state index contributed by atoms with van der Waals surface area (Å²) in [6, 6.07) is 8.13. The molecular formula is C10H9BrN2. The third-order valence-corrected chi connectivity index (χ3v) is 2.33. The first-order valence-electron chi connectivity index (χ1n) is 4.06. The van der Waals surface area contributed by atoms with Gasteiger partial charge in [0.05, 0.1) is 0 Å².